The van der Waals surface area contributed by atoms with Gasteiger partial charge in [0.1, 0.15) is 11.6 Å². The summed E-state index contributed by atoms with van der Waals surface area (Å²) >= 11 is 0. The van der Waals surface area contributed by atoms with Crippen molar-refractivity contribution < 1.29 is 4.79 Å². The van der Waals surface area contributed by atoms with Gasteiger partial charge in [-0.15, -0.1) is 0 Å². The summed E-state index contributed by atoms with van der Waals surface area (Å²) in [6.07, 6.45) is 7.57. The average molecular weight is 447 g/mol. The van der Waals surface area contributed by atoms with E-state index in [1.54, 1.807) is 6.20 Å². The Labute approximate surface area is 193 Å². The number of nitrogen functional groups attached to an aromatic ring is 1. The number of pyridine rings is 1. The number of hydrogen-bond donors (Lipinski definition) is 1. The van der Waals surface area contributed by atoms with Gasteiger partial charge in [0, 0.05) is 43.7 Å². The second-order valence-electron chi connectivity index (χ2n) is 9.15. The van der Waals surface area contributed by atoms with Gasteiger partial charge in [-0.25, -0.2) is 14.5 Å². The zero-order chi connectivity index (χ0) is 23.1. The fourth-order valence-corrected chi connectivity index (χ4v) is 4.97. The molecule has 5 heterocycles. The van der Waals surface area contributed by atoms with Crippen LogP contribution < -0.4 is 10.6 Å². The van der Waals surface area contributed by atoms with E-state index < -0.39 is 0 Å². The minimum absolute atomic E-state index is 0.0877. The lowest BCUT2D eigenvalue weighted by atomic mass is 9.98. The topological polar surface area (TPSA) is 105 Å². The van der Waals surface area contributed by atoms with Crippen LogP contribution in [0.4, 0.5) is 11.6 Å². The SMILES string of the molecule is C=N[C@H]1CCN(c2nc3cc([C@@H]4CCCCN4C(=O)c4cc(C)cnc4N)nn3cc2C)C1. The first kappa shape index (κ1) is 21.4. The number of nitrogens with two attached hydrogens (primary N) is 1. The third-order valence-electron chi connectivity index (χ3n) is 6.74. The van der Waals surface area contributed by atoms with Crippen molar-refractivity contribution in [3.8, 4) is 0 Å². The molecule has 3 aromatic rings. The highest BCUT2D eigenvalue weighted by Gasteiger charge is 2.32. The smallest absolute Gasteiger partial charge is 0.258 e. The highest BCUT2D eigenvalue weighted by molar-refractivity contribution is 5.98. The number of nitrogens with zero attached hydrogens (tertiary/aromatic N) is 7. The molecule has 0 radical (unpaired) electrons. The van der Waals surface area contributed by atoms with Gasteiger partial charge in [0.15, 0.2) is 5.65 Å². The second kappa shape index (κ2) is 8.46. The first-order chi connectivity index (χ1) is 15.9. The lowest BCUT2D eigenvalue weighted by Gasteiger charge is -2.35. The van der Waals surface area contributed by atoms with Gasteiger partial charge < -0.3 is 15.5 Å². The van der Waals surface area contributed by atoms with Gasteiger partial charge in [0.05, 0.1) is 23.3 Å². The number of amides is 1. The van der Waals surface area contributed by atoms with E-state index in [1.165, 1.54) is 0 Å². The van der Waals surface area contributed by atoms with Gasteiger partial charge in [-0.05, 0) is 57.9 Å². The Morgan fingerprint density at radius 3 is 2.85 bits per heavy atom. The van der Waals surface area contributed by atoms with Crippen molar-refractivity contribution in [2.24, 2.45) is 4.99 Å². The summed E-state index contributed by atoms with van der Waals surface area (Å²) in [5.41, 5.74) is 10.1. The number of piperidine rings is 1. The summed E-state index contributed by atoms with van der Waals surface area (Å²) in [6.45, 7) is 10.1. The van der Waals surface area contributed by atoms with Gasteiger partial charge in [-0.1, -0.05) is 0 Å². The minimum Gasteiger partial charge on any atom is -0.383 e. The third kappa shape index (κ3) is 3.92. The second-order valence-corrected chi connectivity index (χ2v) is 9.15. The van der Waals surface area contributed by atoms with Crippen molar-refractivity contribution in [1.29, 1.82) is 0 Å². The number of rotatable bonds is 4. The molecule has 172 valence electrons. The maximum Gasteiger partial charge on any atom is 0.258 e. The molecule has 0 saturated carbocycles. The van der Waals surface area contributed by atoms with Crippen molar-refractivity contribution in [3.63, 3.8) is 0 Å². The number of aromatic nitrogens is 4. The van der Waals surface area contributed by atoms with Crippen LogP contribution in [-0.4, -0.2) is 62.8 Å². The number of aryl methyl sites for hydroxylation is 2. The van der Waals surface area contributed by atoms with Crippen molar-refractivity contribution in [2.45, 2.75) is 51.6 Å². The lowest BCUT2D eigenvalue weighted by molar-refractivity contribution is 0.0606. The van der Waals surface area contributed by atoms with E-state index in [0.29, 0.717) is 12.1 Å². The number of fused-ring (bicyclic) bond motifs is 1. The van der Waals surface area contributed by atoms with Gasteiger partial charge in [0.25, 0.3) is 5.91 Å². The fraction of sp³-hybridized carbons (Fsp3) is 0.458. The molecule has 2 N–H and O–H groups in total. The number of anilines is 2. The molecule has 0 bridgehead atoms. The van der Waals surface area contributed by atoms with E-state index in [-0.39, 0.29) is 23.8 Å². The molecule has 33 heavy (non-hydrogen) atoms. The van der Waals surface area contributed by atoms with Crippen LogP contribution >= 0.6 is 0 Å². The molecular weight excluding hydrogens is 416 g/mol. The molecule has 9 nitrogen and oxygen atoms in total. The van der Waals surface area contributed by atoms with Crippen LogP contribution in [0.3, 0.4) is 0 Å². The predicted octanol–water partition coefficient (Wildman–Crippen LogP) is 2.97. The molecule has 2 aliphatic heterocycles. The van der Waals surface area contributed by atoms with Gasteiger partial charge in [-0.2, -0.15) is 5.10 Å². The summed E-state index contributed by atoms with van der Waals surface area (Å²) < 4.78 is 1.83. The maximum atomic E-state index is 13.4. The van der Waals surface area contributed by atoms with Gasteiger partial charge >= 0.3 is 0 Å². The summed E-state index contributed by atoms with van der Waals surface area (Å²) in [5, 5.41) is 4.83. The zero-order valence-electron chi connectivity index (χ0n) is 19.2. The van der Waals surface area contributed by atoms with Gasteiger partial charge in [0.2, 0.25) is 0 Å². The summed E-state index contributed by atoms with van der Waals surface area (Å²) in [4.78, 5) is 30.9. The molecule has 0 aromatic carbocycles. The molecular formula is C24H30N8O. The van der Waals surface area contributed by atoms with E-state index in [0.717, 1.165) is 67.1 Å². The van der Waals surface area contributed by atoms with E-state index in [4.69, 9.17) is 15.8 Å². The Bertz CT molecular complexity index is 1220. The Kier molecular flexibility index (Phi) is 5.47. The number of carbonyl (C=O) groups excluding carboxylic acids is 1. The quantitative estimate of drug-likeness (QED) is 0.618. The third-order valence-corrected chi connectivity index (χ3v) is 6.74. The molecule has 2 saturated heterocycles. The van der Waals surface area contributed by atoms with Crippen molar-refractivity contribution in [2.75, 3.05) is 30.3 Å². The van der Waals surface area contributed by atoms with Crippen LogP contribution in [0, 0.1) is 13.8 Å². The standard InChI is InChI=1S/C24H30N8O/c1-15-10-18(22(25)27-12-15)24(33)31-8-5-4-6-20(31)19-11-21-28-23(16(2)13-32(21)29-19)30-9-7-17(14-30)26-3/h10-13,17,20H,3-9,14H2,1-2H3,(H2,25,27)/t17-,20-/m0/s1. The van der Waals surface area contributed by atoms with E-state index in [9.17, 15) is 4.79 Å². The average Bonchev–Trinajstić information content (AvgIpc) is 3.46. The summed E-state index contributed by atoms with van der Waals surface area (Å²) in [5.74, 6) is 1.15. The summed E-state index contributed by atoms with van der Waals surface area (Å²) in [6, 6.07) is 3.97. The summed E-state index contributed by atoms with van der Waals surface area (Å²) in [7, 11) is 0. The van der Waals surface area contributed by atoms with Crippen LogP contribution in [0.25, 0.3) is 5.65 Å². The molecule has 5 rings (SSSR count). The normalized spacial score (nSPS) is 21.0. The maximum absolute atomic E-state index is 13.4. The molecule has 0 unspecified atom stereocenters. The minimum atomic E-state index is -0.113. The number of aliphatic imine (C=N–C) groups is 1. The molecule has 2 aliphatic rings. The Balaban J connectivity index is 1.47. The van der Waals surface area contributed by atoms with E-state index in [2.05, 4.69) is 28.5 Å². The number of carbonyl (C=O) groups is 1. The lowest BCUT2D eigenvalue weighted by Crippen LogP contribution is -2.39. The van der Waals surface area contributed by atoms with Crippen LogP contribution in [0.1, 0.15) is 58.9 Å². The van der Waals surface area contributed by atoms with Crippen LogP contribution in [0.2, 0.25) is 0 Å². The Hall–Kier alpha value is -3.49. The van der Waals surface area contributed by atoms with Gasteiger partial charge in [-0.3, -0.25) is 9.79 Å². The van der Waals surface area contributed by atoms with Crippen molar-refractivity contribution in [3.05, 3.63) is 46.9 Å². The fourth-order valence-electron chi connectivity index (χ4n) is 4.97. The Morgan fingerprint density at radius 2 is 2.06 bits per heavy atom. The molecule has 9 heteroatoms. The largest absolute Gasteiger partial charge is 0.383 e. The highest BCUT2D eigenvalue weighted by atomic mass is 16.2. The number of likely N-dealkylation sites (tertiary alicyclic amines) is 1. The van der Waals surface area contributed by atoms with Crippen LogP contribution in [0.5, 0.6) is 0 Å². The molecule has 2 fully saturated rings. The highest BCUT2D eigenvalue weighted by Crippen LogP contribution is 2.33. The predicted molar refractivity (Wildman–Crippen MR) is 129 cm³/mol. The first-order valence-electron chi connectivity index (χ1n) is 11.6. The van der Waals surface area contributed by atoms with E-state index in [1.807, 2.05) is 34.7 Å². The first-order valence-corrected chi connectivity index (χ1v) is 11.6. The monoisotopic (exact) mass is 446 g/mol. The molecule has 1 amide bonds. The molecule has 0 spiro atoms. The molecule has 3 aromatic heterocycles. The van der Waals surface area contributed by atoms with Crippen molar-refractivity contribution in [1.82, 2.24) is 24.5 Å². The zero-order valence-corrected chi connectivity index (χ0v) is 19.2. The number of hydrogen-bond acceptors (Lipinski definition) is 7. The van der Waals surface area contributed by atoms with E-state index >= 15 is 0 Å². The van der Waals surface area contributed by atoms with Crippen LogP contribution in [0.15, 0.2) is 29.5 Å². The van der Waals surface area contributed by atoms with Crippen LogP contribution in [-0.2, 0) is 0 Å². The molecule has 0 aliphatic carbocycles. The molecule has 2 atom stereocenters. The Morgan fingerprint density at radius 1 is 1.21 bits per heavy atom. The van der Waals surface area contributed by atoms with Crippen molar-refractivity contribution >= 4 is 29.9 Å².